The number of ether oxygens (including phenoxy) is 1. The van der Waals surface area contributed by atoms with E-state index in [1.165, 1.54) is 13.2 Å². The lowest BCUT2D eigenvalue weighted by atomic mass is 10.2. The van der Waals surface area contributed by atoms with Crippen LogP contribution in [0.25, 0.3) is 5.52 Å². The standard InChI is InChI=1S/C10H8INO3/c1-15-9-7(10(13)14)2-3-12-5-6(11)4-8(9)12/h2-5H,1H3,(H,13,14). The number of carboxylic acids is 1. The summed E-state index contributed by atoms with van der Waals surface area (Å²) < 4.78 is 8.00. The van der Waals surface area contributed by atoms with E-state index in [9.17, 15) is 4.79 Å². The highest BCUT2D eigenvalue weighted by Gasteiger charge is 2.14. The number of halogens is 1. The number of pyridine rings is 1. The first-order chi connectivity index (χ1) is 7.13. The minimum atomic E-state index is -0.981. The van der Waals surface area contributed by atoms with Crippen LogP contribution in [0, 0.1) is 3.57 Å². The van der Waals surface area contributed by atoms with Crippen molar-refractivity contribution < 1.29 is 14.6 Å². The van der Waals surface area contributed by atoms with Crippen molar-refractivity contribution in [3.8, 4) is 5.75 Å². The monoisotopic (exact) mass is 317 g/mol. The summed E-state index contributed by atoms with van der Waals surface area (Å²) in [7, 11) is 1.47. The molecule has 4 nitrogen and oxygen atoms in total. The third kappa shape index (κ3) is 1.67. The van der Waals surface area contributed by atoms with Gasteiger partial charge in [-0.15, -0.1) is 0 Å². The molecule has 2 aromatic rings. The molecule has 0 aliphatic rings. The summed E-state index contributed by atoms with van der Waals surface area (Å²) in [6, 6.07) is 3.41. The number of methoxy groups -OCH3 is 1. The molecule has 5 heteroatoms. The zero-order valence-corrected chi connectivity index (χ0v) is 10.1. The Morgan fingerprint density at radius 3 is 2.93 bits per heavy atom. The smallest absolute Gasteiger partial charge is 0.339 e. The highest BCUT2D eigenvalue weighted by Crippen LogP contribution is 2.27. The van der Waals surface area contributed by atoms with Crippen molar-refractivity contribution in [3.05, 3.63) is 33.7 Å². The van der Waals surface area contributed by atoms with Gasteiger partial charge in [-0.3, -0.25) is 0 Å². The molecule has 0 amide bonds. The number of aromatic carboxylic acids is 1. The second kappa shape index (κ2) is 3.73. The van der Waals surface area contributed by atoms with Gasteiger partial charge in [0.15, 0.2) is 5.75 Å². The predicted octanol–water partition coefficient (Wildman–Crippen LogP) is 2.25. The molecule has 0 spiro atoms. The summed E-state index contributed by atoms with van der Waals surface area (Å²) in [4.78, 5) is 10.9. The zero-order chi connectivity index (χ0) is 11.0. The maximum atomic E-state index is 10.9. The average molecular weight is 317 g/mol. The van der Waals surface area contributed by atoms with Crippen LogP contribution in [-0.2, 0) is 0 Å². The van der Waals surface area contributed by atoms with Gasteiger partial charge in [0.05, 0.1) is 12.6 Å². The van der Waals surface area contributed by atoms with Gasteiger partial charge in [-0.05, 0) is 34.7 Å². The van der Waals surface area contributed by atoms with E-state index in [1.807, 2.05) is 16.7 Å². The summed E-state index contributed by atoms with van der Waals surface area (Å²) in [6.07, 6.45) is 3.62. The maximum absolute atomic E-state index is 10.9. The Labute approximate surface area is 99.6 Å². The summed E-state index contributed by atoms with van der Waals surface area (Å²) >= 11 is 2.17. The Morgan fingerprint density at radius 2 is 2.33 bits per heavy atom. The molecule has 2 rings (SSSR count). The van der Waals surface area contributed by atoms with Gasteiger partial charge in [-0.2, -0.15) is 0 Å². The first-order valence-corrected chi connectivity index (χ1v) is 5.29. The maximum Gasteiger partial charge on any atom is 0.339 e. The quantitative estimate of drug-likeness (QED) is 0.865. The van der Waals surface area contributed by atoms with E-state index in [0.717, 1.165) is 9.09 Å². The molecule has 2 aromatic heterocycles. The van der Waals surface area contributed by atoms with Crippen LogP contribution in [-0.4, -0.2) is 22.6 Å². The highest BCUT2D eigenvalue weighted by molar-refractivity contribution is 14.1. The number of fused-ring (bicyclic) bond motifs is 1. The van der Waals surface area contributed by atoms with Crippen molar-refractivity contribution in [2.75, 3.05) is 7.11 Å². The molecular weight excluding hydrogens is 309 g/mol. The van der Waals surface area contributed by atoms with Crippen LogP contribution in [0.1, 0.15) is 10.4 Å². The van der Waals surface area contributed by atoms with Crippen LogP contribution in [0.2, 0.25) is 0 Å². The van der Waals surface area contributed by atoms with E-state index in [2.05, 4.69) is 22.6 Å². The van der Waals surface area contributed by atoms with Gasteiger partial charge >= 0.3 is 5.97 Å². The summed E-state index contributed by atoms with van der Waals surface area (Å²) in [5, 5.41) is 8.97. The van der Waals surface area contributed by atoms with E-state index >= 15 is 0 Å². The molecule has 0 aromatic carbocycles. The van der Waals surface area contributed by atoms with E-state index in [-0.39, 0.29) is 5.56 Å². The number of rotatable bonds is 2. The number of aromatic nitrogens is 1. The van der Waals surface area contributed by atoms with Crippen molar-refractivity contribution in [1.82, 2.24) is 4.40 Å². The normalized spacial score (nSPS) is 10.5. The SMILES string of the molecule is COc1c(C(=O)O)ccn2cc(I)cc12. The molecule has 15 heavy (non-hydrogen) atoms. The molecule has 0 atom stereocenters. The van der Waals surface area contributed by atoms with Gasteiger partial charge in [-0.25, -0.2) is 4.79 Å². The Kier molecular flexibility index (Phi) is 2.56. The lowest BCUT2D eigenvalue weighted by Crippen LogP contribution is -2.02. The van der Waals surface area contributed by atoms with E-state index in [0.29, 0.717) is 5.75 Å². The van der Waals surface area contributed by atoms with Gasteiger partial charge in [0, 0.05) is 16.0 Å². The van der Waals surface area contributed by atoms with Gasteiger partial charge < -0.3 is 14.2 Å². The average Bonchev–Trinajstić information content (AvgIpc) is 2.55. The third-order valence-electron chi connectivity index (χ3n) is 2.13. The van der Waals surface area contributed by atoms with E-state index < -0.39 is 5.97 Å². The van der Waals surface area contributed by atoms with Crippen molar-refractivity contribution in [2.45, 2.75) is 0 Å². The first kappa shape index (κ1) is 10.3. The van der Waals surface area contributed by atoms with Gasteiger partial charge in [0.25, 0.3) is 0 Å². The number of nitrogens with zero attached hydrogens (tertiary/aromatic N) is 1. The van der Waals surface area contributed by atoms with Crippen molar-refractivity contribution in [3.63, 3.8) is 0 Å². The molecule has 0 saturated heterocycles. The molecule has 2 heterocycles. The summed E-state index contributed by atoms with van der Waals surface area (Å²) in [5.41, 5.74) is 0.946. The molecule has 1 N–H and O–H groups in total. The molecule has 0 bridgehead atoms. The van der Waals surface area contributed by atoms with Crippen molar-refractivity contribution in [1.29, 1.82) is 0 Å². The van der Waals surface area contributed by atoms with Gasteiger partial charge in [0.2, 0.25) is 0 Å². The highest BCUT2D eigenvalue weighted by atomic mass is 127. The van der Waals surface area contributed by atoms with Crippen LogP contribution in [0.15, 0.2) is 24.5 Å². The zero-order valence-electron chi connectivity index (χ0n) is 7.90. The molecule has 78 valence electrons. The second-order valence-electron chi connectivity index (χ2n) is 3.02. The van der Waals surface area contributed by atoms with Gasteiger partial charge in [-0.1, -0.05) is 0 Å². The molecular formula is C10H8INO3. The lowest BCUT2D eigenvalue weighted by molar-refractivity contribution is 0.0693. The van der Waals surface area contributed by atoms with Crippen LogP contribution in [0.4, 0.5) is 0 Å². The van der Waals surface area contributed by atoms with Crippen LogP contribution < -0.4 is 4.74 Å². The van der Waals surface area contributed by atoms with Crippen molar-refractivity contribution >= 4 is 34.1 Å². The van der Waals surface area contributed by atoms with Crippen LogP contribution >= 0.6 is 22.6 Å². The van der Waals surface area contributed by atoms with E-state index in [1.54, 1.807) is 6.20 Å². The molecule has 0 aliphatic carbocycles. The topological polar surface area (TPSA) is 50.9 Å². The number of carbonyl (C=O) groups is 1. The number of hydrogen-bond acceptors (Lipinski definition) is 2. The third-order valence-corrected chi connectivity index (χ3v) is 2.72. The first-order valence-electron chi connectivity index (χ1n) is 4.21. The van der Waals surface area contributed by atoms with Crippen LogP contribution in [0.3, 0.4) is 0 Å². The Hall–Kier alpha value is -1.24. The van der Waals surface area contributed by atoms with Crippen molar-refractivity contribution in [2.24, 2.45) is 0 Å². The second-order valence-corrected chi connectivity index (χ2v) is 4.26. The lowest BCUT2D eigenvalue weighted by Gasteiger charge is -2.06. The van der Waals surface area contributed by atoms with E-state index in [4.69, 9.17) is 9.84 Å². The molecule has 0 aliphatic heterocycles. The van der Waals surface area contributed by atoms with Crippen LogP contribution in [0.5, 0.6) is 5.75 Å². The van der Waals surface area contributed by atoms with Gasteiger partial charge in [0.1, 0.15) is 5.56 Å². The number of carboxylic acid groups (broad SMARTS) is 1. The molecule has 0 radical (unpaired) electrons. The fraction of sp³-hybridized carbons (Fsp3) is 0.100. The summed E-state index contributed by atoms with van der Waals surface area (Å²) in [5.74, 6) is -0.585. The fourth-order valence-corrected chi connectivity index (χ4v) is 2.10. The number of hydrogen-bond donors (Lipinski definition) is 1. The Balaban J connectivity index is 2.80. The largest absolute Gasteiger partial charge is 0.494 e. The predicted molar refractivity (Wildman–Crippen MR) is 63.6 cm³/mol. The molecule has 0 unspecified atom stereocenters. The Morgan fingerprint density at radius 1 is 1.60 bits per heavy atom. The Bertz CT molecular complexity index is 533. The molecule has 0 saturated carbocycles. The summed E-state index contributed by atoms with van der Waals surface area (Å²) in [6.45, 7) is 0. The fourth-order valence-electron chi connectivity index (χ4n) is 1.50. The molecule has 0 fully saturated rings. The minimum Gasteiger partial charge on any atom is -0.494 e. The minimum absolute atomic E-state index is 0.180.